The van der Waals surface area contributed by atoms with Crippen molar-refractivity contribution >= 4 is 22.9 Å². The lowest BCUT2D eigenvalue weighted by molar-refractivity contribution is 0.154. The molecule has 112 valence electrons. The maximum atomic E-state index is 6.23. The highest BCUT2D eigenvalue weighted by molar-refractivity contribution is 7.10. The molecule has 2 nitrogen and oxygen atoms in total. The molecule has 21 heavy (non-hydrogen) atoms. The molecule has 0 spiro atoms. The van der Waals surface area contributed by atoms with Crippen LogP contribution in [0.5, 0.6) is 5.75 Å². The van der Waals surface area contributed by atoms with Gasteiger partial charge in [-0.2, -0.15) is 0 Å². The van der Waals surface area contributed by atoms with Gasteiger partial charge in [-0.25, -0.2) is 0 Å². The summed E-state index contributed by atoms with van der Waals surface area (Å²) in [7, 11) is 0. The molecule has 2 heterocycles. The van der Waals surface area contributed by atoms with E-state index in [0.717, 1.165) is 30.2 Å². The molecule has 1 aromatic carbocycles. The van der Waals surface area contributed by atoms with Crippen LogP contribution >= 0.6 is 22.9 Å². The van der Waals surface area contributed by atoms with Gasteiger partial charge in [0.15, 0.2) is 0 Å². The van der Waals surface area contributed by atoms with Gasteiger partial charge in [-0.05, 0) is 55.1 Å². The van der Waals surface area contributed by atoms with Gasteiger partial charge in [0.25, 0.3) is 0 Å². The molecule has 0 saturated heterocycles. The van der Waals surface area contributed by atoms with E-state index in [2.05, 4.69) is 30.6 Å². The SMILES string of the molecule is CCCNC1CC(c2sccc2C)Oc2ccc(Cl)cc21. The Labute approximate surface area is 135 Å². The fourth-order valence-corrected chi connectivity index (χ4v) is 3.98. The van der Waals surface area contributed by atoms with Crippen LogP contribution in [-0.2, 0) is 0 Å². The molecular formula is C17H20ClNOS. The topological polar surface area (TPSA) is 21.3 Å². The fraction of sp³-hybridized carbons (Fsp3) is 0.412. The molecule has 1 aliphatic rings. The Kier molecular flexibility index (Phi) is 4.53. The fourth-order valence-electron chi connectivity index (χ4n) is 2.83. The maximum absolute atomic E-state index is 6.23. The van der Waals surface area contributed by atoms with Crippen molar-refractivity contribution in [1.82, 2.24) is 5.32 Å². The highest BCUT2D eigenvalue weighted by Crippen LogP contribution is 2.43. The van der Waals surface area contributed by atoms with Gasteiger partial charge in [-0.3, -0.25) is 0 Å². The second kappa shape index (κ2) is 6.39. The first kappa shape index (κ1) is 14.9. The number of nitrogens with one attached hydrogen (secondary N) is 1. The third-order valence-electron chi connectivity index (χ3n) is 3.90. The molecular weight excluding hydrogens is 302 g/mol. The van der Waals surface area contributed by atoms with Gasteiger partial charge in [0.1, 0.15) is 11.9 Å². The molecule has 0 amide bonds. The second-order valence-corrected chi connectivity index (χ2v) is 6.88. The van der Waals surface area contributed by atoms with Crippen molar-refractivity contribution in [2.75, 3.05) is 6.54 Å². The Hall–Kier alpha value is -1.03. The van der Waals surface area contributed by atoms with Gasteiger partial charge < -0.3 is 10.1 Å². The highest BCUT2D eigenvalue weighted by atomic mass is 35.5. The van der Waals surface area contributed by atoms with Crippen molar-refractivity contribution in [2.24, 2.45) is 0 Å². The minimum atomic E-state index is 0.132. The van der Waals surface area contributed by atoms with Crippen molar-refractivity contribution in [3.8, 4) is 5.75 Å². The predicted octanol–water partition coefficient (Wildman–Crippen LogP) is 5.27. The van der Waals surface area contributed by atoms with E-state index in [-0.39, 0.29) is 6.10 Å². The van der Waals surface area contributed by atoms with Crippen LogP contribution in [0.15, 0.2) is 29.6 Å². The van der Waals surface area contributed by atoms with Gasteiger partial charge >= 0.3 is 0 Å². The van der Waals surface area contributed by atoms with Crippen molar-refractivity contribution in [2.45, 2.75) is 38.8 Å². The van der Waals surface area contributed by atoms with Crippen LogP contribution in [0.4, 0.5) is 0 Å². The van der Waals surface area contributed by atoms with Gasteiger partial charge in [-0.15, -0.1) is 11.3 Å². The van der Waals surface area contributed by atoms with Crippen LogP contribution in [-0.4, -0.2) is 6.54 Å². The quantitative estimate of drug-likeness (QED) is 0.827. The Morgan fingerprint density at radius 3 is 2.95 bits per heavy atom. The minimum Gasteiger partial charge on any atom is -0.484 e. The summed E-state index contributed by atoms with van der Waals surface area (Å²) in [6.07, 6.45) is 2.21. The average Bonchev–Trinajstić information content (AvgIpc) is 2.91. The zero-order valence-corrected chi connectivity index (χ0v) is 13.9. The van der Waals surface area contributed by atoms with Crippen LogP contribution in [0, 0.1) is 6.92 Å². The van der Waals surface area contributed by atoms with Crippen LogP contribution in [0.2, 0.25) is 5.02 Å². The van der Waals surface area contributed by atoms with E-state index in [1.165, 1.54) is 16.0 Å². The molecule has 4 heteroatoms. The zero-order valence-electron chi connectivity index (χ0n) is 12.4. The first-order valence-electron chi connectivity index (χ1n) is 7.42. The van der Waals surface area contributed by atoms with Crippen molar-refractivity contribution < 1.29 is 4.74 Å². The monoisotopic (exact) mass is 321 g/mol. The first-order chi connectivity index (χ1) is 10.2. The lowest BCUT2D eigenvalue weighted by atomic mass is 9.95. The molecule has 1 aliphatic heterocycles. The molecule has 0 bridgehead atoms. The van der Waals surface area contributed by atoms with Gasteiger partial charge in [0.05, 0.1) is 0 Å². The zero-order chi connectivity index (χ0) is 14.8. The molecule has 1 aromatic heterocycles. The summed E-state index contributed by atoms with van der Waals surface area (Å²) in [5.41, 5.74) is 2.50. The minimum absolute atomic E-state index is 0.132. The molecule has 2 unspecified atom stereocenters. The normalized spacial score (nSPS) is 20.9. The number of thiophene rings is 1. The number of halogens is 1. The lowest BCUT2D eigenvalue weighted by Gasteiger charge is -2.33. The van der Waals surface area contributed by atoms with Gasteiger partial charge in [0.2, 0.25) is 0 Å². The smallest absolute Gasteiger partial charge is 0.135 e. The van der Waals surface area contributed by atoms with Crippen molar-refractivity contribution in [3.05, 3.63) is 50.7 Å². The van der Waals surface area contributed by atoms with E-state index < -0.39 is 0 Å². The Morgan fingerprint density at radius 1 is 1.38 bits per heavy atom. The van der Waals surface area contributed by atoms with Crippen molar-refractivity contribution in [1.29, 1.82) is 0 Å². The number of benzene rings is 1. The van der Waals surface area contributed by atoms with Crippen LogP contribution in [0.25, 0.3) is 0 Å². The van der Waals surface area contributed by atoms with Crippen LogP contribution < -0.4 is 10.1 Å². The van der Waals surface area contributed by atoms with Crippen LogP contribution in [0.3, 0.4) is 0 Å². The second-order valence-electron chi connectivity index (χ2n) is 5.50. The van der Waals surface area contributed by atoms with Gasteiger partial charge in [0, 0.05) is 27.9 Å². The number of fused-ring (bicyclic) bond motifs is 1. The molecule has 0 radical (unpaired) electrons. The number of aryl methyl sites for hydroxylation is 1. The van der Waals surface area contributed by atoms with E-state index in [4.69, 9.17) is 16.3 Å². The Balaban J connectivity index is 1.92. The molecule has 0 aliphatic carbocycles. The third kappa shape index (κ3) is 3.10. The summed E-state index contributed by atoms with van der Waals surface area (Å²) < 4.78 is 6.23. The Bertz CT molecular complexity index is 625. The molecule has 0 saturated carbocycles. The molecule has 2 atom stereocenters. The van der Waals surface area contributed by atoms with E-state index in [1.807, 2.05) is 18.2 Å². The van der Waals surface area contributed by atoms with E-state index >= 15 is 0 Å². The lowest BCUT2D eigenvalue weighted by Crippen LogP contribution is -2.29. The maximum Gasteiger partial charge on any atom is 0.135 e. The summed E-state index contributed by atoms with van der Waals surface area (Å²) in [6, 6.07) is 8.39. The summed E-state index contributed by atoms with van der Waals surface area (Å²) in [5.74, 6) is 0.956. The van der Waals surface area contributed by atoms with Crippen LogP contribution in [0.1, 0.15) is 47.9 Å². The standard InChI is InChI=1S/C17H20ClNOS/c1-3-7-19-14-10-16(17-11(2)6-8-21-17)20-15-5-4-12(18)9-13(14)15/h4-6,8-9,14,16,19H,3,7,10H2,1-2H3. The summed E-state index contributed by atoms with van der Waals surface area (Å²) >= 11 is 7.94. The molecule has 3 rings (SSSR count). The first-order valence-corrected chi connectivity index (χ1v) is 8.68. The largest absolute Gasteiger partial charge is 0.484 e. The number of rotatable bonds is 4. The van der Waals surface area contributed by atoms with E-state index in [9.17, 15) is 0 Å². The highest BCUT2D eigenvalue weighted by Gasteiger charge is 2.30. The van der Waals surface area contributed by atoms with E-state index in [0.29, 0.717) is 6.04 Å². The molecule has 1 N–H and O–H groups in total. The Morgan fingerprint density at radius 2 is 2.24 bits per heavy atom. The predicted molar refractivity (Wildman–Crippen MR) is 89.5 cm³/mol. The molecule has 0 fully saturated rings. The van der Waals surface area contributed by atoms with Gasteiger partial charge in [-0.1, -0.05) is 18.5 Å². The summed E-state index contributed by atoms with van der Waals surface area (Å²) in [5, 5.41) is 6.54. The number of ether oxygens (including phenoxy) is 1. The number of hydrogen-bond acceptors (Lipinski definition) is 3. The summed E-state index contributed by atoms with van der Waals surface area (Å²) in [4.78, 5) is 1.33. The number of hydrogen-bond donors (Lipinski definition) is 1. The molecule has 2 aromatic rings. The average molecular weight is 322 g/mol. The summed E-state index contributed by atoms with van der Waals surface area (Å²) in [6.45, 7) is 5.35. The van der Waals surface area contributed by atoms with Crippen molar-refractivity contribution in [3.63, 3.8) is 0 Å². The third-order valence-corrected chi connectivity index (χ3v) is 5.25. The van der Waals surface area contributed by atoms with E-state index in [1.54, 1.807) is 11.3 Å².